The summed E-state index contributed by atoms with van der Waals surface area (Å²) in [5.74, 6) is 0. The molecule has 1 atom stereocenters. The van der Waals surface area contributed by atoms with Crippen LogP contribution in [0.4, 0.5) is 0 Å². The third-order valence-corrected chi connectivity index (χ3v) is 3.94. The second kappa shape index (κ2) is 5.04. The first-order chi connectivity index (χ1) is 5.33. The predicted octanol–water partition coefficient (Wildman–Crippen LogP) is 2.27. The Hall–Kier alpha value is 0.310. The van der Waals surface area contributed by atoms with Crippen LogP contribution in [0.2, 0.25) is 0 Å². The summed E-state index contributed by atoms with van der Waals surface area (Å²) < 4.78 is 0. The normalized spacial score (nSPS) is 23.5. The molecule has 1 aliphatic rings. The summed E-state index contributed by atoms with van der Waals surface area (Å²) in [6.07, 6.45) is 4.05. The molecule has 0 aliphatic carbocycles. The Kier molecular flexibility index (Phi) is 4.31. The third kappa shape index (κ3) is 3.48. The summed E-state index contributed by atoms with van der Waals surface area (Å²) >= 11 is 2.18. The van der Waals surface area contributed by atoms with Crippen molar-refractivity contribution in [1.29, 1.82) is 0 Å². The van der Waals surface area contributed by atoms with Crippen molar-refractivity contribution >= 4 is 11.8 Å². The Balaban J connectivity index is 2.13. The van der Waals surface area contributed by atoms with E-state index in [0.29, 0.717) is 0 Å². The van der Waals surface area contributed by atoms with Crippen molar-refractivity contribution in [2.45, 2.75) is 43.6 Å². The molecule has 1 unspecified atom stereocenters. The lowest BCUT2D eigenvalue weighted by molar-refractivity contribution is 0.530. The molecule has 66 valence electrons. The maximum atomic E-state index is 3.39. The van der Waals surface area contributed by atoms with Gasteiger partial charge in [-0.15, -0.1) is 0 Å². The van der Waals surface area contributed by atoms with Gasteiger partial charge < -0.3 is 5.32 Å². The summed E-state index contributed by atoms with van der Waals surface area (Å²) in [5.41, 5.74) is 0. The Morgan fingerprint density at radius 3 is 2.64 bits per heavy atom. The predicted molar refractivity (Wildman–Crippen MR) is 53.2 cm³/mol. The molecular formula is C9H19NS. The molecule has 2 heteroatoms. The van der Waals surface area contributed by atoms with Crippen LogP contribution in [0.25, 0.3) is 0 Å². The first-order valence-electron chi connectivity index (χ1n) is 4.69. The lowest BCUT2D eigenvalue weighted by atomic mass is 10.2. The van der Waals surface area contributed by atoms with Gasteiger partial charge in [0.15, 0.2) is 0 Å². The van der Waals surface area contributed by atoms with Gasteiger partial charge >= 0.3 is 0 Å². The van der Waals surface area contributed by atoms with E-state index < -0.39 is 0 Å². The second-order valence-electron chi connectivity index (χ2n) is 3.30. The molecule has 0 aromatic carbocycles. The third-order valence-electron chi connectivity index (χ3n) is 2.29. The highest BCUT2D eigenvalue weighted by atomic mass is 32.2. The van der Waals surface area contributed by atoms with E-state index in [1.807, 2.05) is 0 Å². The van der Waals surface area contributed by atoms with E-state index in [1.54, 1.807) is 0 Å². The number of nitrogens with one attached hydrogen (secondary N) is 1. The zero-order chi connectivity index (χ0) is 8.10. The van der Waals surface area contributed by atoms with Gasteiger partial charge in [0, 0.05) is 10.5 Å². The van der Waals surface area contributed by atoms with E-state index >= 15 is 0 Å². The van der Waals surface area contributed by atoms with Gasteiger partial charge in [0.1, 0.15) is 0 Å². The van der Waals surface area contributed by atoms with Crippen molar-refractivity contribution in [2.75, 3.05) is 13.1 Å². The molecule has 0 spiro atoms. The van der Waals surface area contributed by atoms with Gasteiger partial charge in [0.2, 0.25) is 0 Å². The van der Waals surface area contributed by atoms with E-state index in [4.69, 9.17) is 0 Å². The Bertz CT molecular complexity index is 99.7. The molecule has 1 heterocycles. The quantitative estimate of drug-likeness (QED) is 0.702. The van der Waals surface area contributed by atoms with Crippen molar-refractivity contribution in [3.8, 4) is 0 Å². The maximum Gasteiger partial charge on any atom is 0.00738 e. The van der Waals surface area contributed by atoms with Gasteiger partial charge in [-0.3, -0.25) is 0 Å². The van der Waals surface area contributed by atoms with Crippen LogP contribution >= 0.6 is 11.8 Å². The van der Waals surface area contributed by atoms with Crippen LogP contribution in [0.5, 0.6) is 0 Å². The van der Waals surface area contributed by atoms with Gasteiger partial charge in [0.25, 0.3) is 0 Å². The summed E-state index contributed by atoms with van der Waals surface area (Å²) in [6.45, 7) is 7.08. The van der Waals surface area contributed by atoms with E-state index in [0.717, 1.165) is 10.5 Å². The number of piperidine rings is 1. The monoisotopic (exact) mass is 173 g/mol. The van der Waals surface area contributed by atoms with Crippen LogP contribution in [-0.2, 0) is 0 Å². The smallest absolute Gasteiger partial charge is 0.00738 e. The second-order valence-corrected chi connectivity index (χ2v) is 5.05. The molecule has 1 rings (SSSR count). The minimum absolute atomic E-state index is 0.859. The zero-order valence-electron chi connectivity index (χ0n) is 7.60. The van der Waals surface area contributed by atoms with Crippen LogP contribution in [0, 0.1) is 0 Å². The summed E-state index contributed by atoms with van der Waals surface area (Å²) in [7, 11) is 0. The standard InChI is InChI=1S/C9H19NS/c1-3-8(2)11-9-4-6-10-7-5-9/h8-10H,3-7H2,1-2H3. The van der Waals surface area contributed by atoms with Gasteiger partial charge in [0.05, 0.1) is 0 Å². The summed E-state index contributed by atoms with van der Waals surface area (Å²) in [4.78, 5) is 0. The molecular weight excluding hydrogens is 154 g/mol. The molecule has 0 amide bonds. The Labute approximate surface area is 74.3 Å². The molecule has 1 aliphatic heterocycles. The first kappa shape index (κ1) is 9.40. The number of rotatable bonds is 3. The van der Waals surface area contributed by atoms with Crippen molar-refractivity contribution in [1.82, 2.24) is 5.32 Å². The first-order valence-corrected chi connectivity index (χ1v) is 5.63. The highest BCUT2D eigenvalue weighted by molar-refractivity contribution is 8.00. The fourth-order valence-electron chi connectivity index (χ4n) is 1.36. The van der Waals surface area contributed by atoms with Crippen molar-refractivity contribution < 1.29 is 0 Å². The van der Waals surface area contributed by atoms with Crippen LogP contribution in [0.1, 0.15) is 33.1 Å². The van der Waals surface area contributed by atoms with Gasteiger partial charge in [-0.1, -0.05) is 13.8 Å². The molecule has 1 fully saturated rings. The molecule has 0 aromatic rings. The minimum Gasteiger partial charge on any atom is -0.317 e. The van der Waals surface area contributed by atoms with Crippen LogP contribution in [0.15, 0.2) is 0 Å². The summed E-state index contributed by atoms with van der Waals surface area (Å²) in [5, 5.41) is 5.19. The summed E-state index contributed by atoms with van der Waals surface area (Å²) in [6, 6.07) is 0. The van der Waals surface area contributed by atoms with Crippen molar-refractivity contribution in [3.63, 3.8) is 0 Å². The van der Waals surface area contributed by atoms with E-state index in [2.05, 4.69) is 30.9 Å². The maximum absolute atomic E-state index is 3.39. The van der Waals surface area contributed by atoms with Crippen molar-refractivity contribution in [2.24, 2.45) is 0 Å². The van der Waals surface area contributed by atoms with Gasteiger partial charge in [-0.2, -0.15) is 11.8 Å². The highest BCUT2D eigenvalue weighted by Gasteiger charge is 2.15. The van der Waals surface area contributed by atoms with E-state index in [9.17, 15) is 0 Å². The topological polar surface area (TPSA) is 12.0 Å². The molecule has 1 N–H and O–H groups in total. The van der Waals surface area contributed by atoms with Gasteiger partial charge in [-0.25, -0.2) is 0 Å². The van der Waals surface area contributed by atoms with Crippen LogP contribution in [-0.4, -0.2) is 23.6 Å². The lowest BCUT2D eigenvalue weighted by Crippen LogP contribution is -2.29. The van der Waals surface area contributed by atoms with Crippen molar-refractivity contribution in [3.05, 3.63) is 0 Å². The number of hydrogen-bond donors (Lipinski definition) is 1. The van der Waals surface area contributed by atoms with E-state index in [-0.39, 0.29) is 0 Å². The zero-order valence-corrected chi connectivity index (χ0v) is 8.41. The van der Waals surface area contributed by atoms with E-state index in [1.165, 1.54) is 32.4 Å². The Morgan fingerprint density at radius 1 is 1.45 bits per heavy atom. The molecule has 0 bridgehead atoms. The lowest BCUT2D eigenvalue weighted by Gasteiger charge is -2.24. The SMILES string of the molecule is CCC(C)SC1CCNCC1. The molecule has 1 nitrogen and oxygen atoms in total. The minimum atomic E-state index is 0.859. The fourth-order valence-corrected chi connectivity index (χ4v) is 2.71. The fraction of sp³-hybridized carbons (Fsp3) is 1.00. The molecule has 0 saturated carbocycles. The average molecular weight is 173 g/mol. The largest absolute Gasteiger partial charge is 0.317 e. The molecule has 11 heavy (non-hydrogen) atoms. The number of thioether (sulfide) groups is 1. The Morgan fingerprint density at radius 2 is 2.09 bits per heavy atom. The van der Waals surface area contributed by atoms with Gasteiger partial charge in [-0.05, 0) is 32.4 Å². The highest BCUT2D eigenvalue weighted by Crippen LogP contribution is 2.25. The average Bonchev–Trinajstić information content (AvgIpc) is 2.06. The molecule has 1 saturated heterocycles. The number of hydrogen-bond acceptors (Lipinski definition) is 2. The molecule has 0 radical (unpaired) electrons. The van der Waals surface area contributed by atoms with Crippen LogP contribution in [0.3, 0.4) is 0 Å². The van der Waals surface area contributed by atoms with Crippen LogP contribution < -0.4 is 5.32 Å². The molecule has 0 aromatic heterocycles.